The Morgan fingerprint density at radius 1 is 1.67 bits per heavy atom. The van der Waals surface area contributed by atoms with E-state index < -0.39 is 5.95 Å². The molecule has 1 aromatic heterocycles. The van der Waals surface area contributed by atoms with Crippen molar-refractivity contribution in [3.05, 3.63) is 29.8 Å². The standard InChI is InChI=1S/C13H17FN2O2/c1-2-16(9-10-5-4-8-18-10)13(17)11-6-3-7-15-12(11)14/h3,6-7,10H,2,4-5,8-9H2,1H3. The minimum Gasteiger partial charge on any atom is -0.376 e. The molecule has 98 valence electrons. The third kappa shape index (κ3) is 2.85. The lowest BCUT2D eigenvalue weighted by molar-refractivity contribution is 0.0535. The molecule has 0 spiro atoms. The van der Waals surface area contributed by atoms with E-state index in [1.807, 2.05) is 6.92 Å². The van der Waals surface area contributed by atoms with Gasteiger partial charge in [0.05, 0.1) is 11.7 Å². The second kappa shape index (κ2) is 5.91. The SMILES string of the molecule is CCN(CC1CCCO1)C(=O)c1cccnc1F. The van der Waals surface area contributed by atoms with Crippen molar-refractivity contribution < 1.29 is 13.9 Å². The molecule has 0 aliphatic carbocycles. The summed E-state index contributed by atoms with van der Waals surface area (Å²) in [5, 5.41) is 0. The van der Waals surface area contributed by atoms with Gasteiger partial charge in [0.15, 0.2) is 0 Å². The van der Waals surface area contributed by atoms with Crippen molar-refractivity contribution >= 4 is 5.91 Å². The number of nitrogens with zero attached hydrogens (tertiary/aromatic N) is 2. The van der Waals surface area contributed by atoms with Gasteiger partial charge in [0.25, 0.3) is 5.91 Å². The second-order valence-electron chi connectivity index (χ2n) is 4.32. The van der Waals surface area contributed by atoms with Gasteiger partial charge in [-0.05, 0) is 31.9 Å². The number of ether oxygens (including phenoxy) is 1. The Morgan fingerprint density at radius 3 is 3.11 bits per heavy atom. The number of hydrogen-bond acceptors (Lipinski definition) is 3. The Bertz CT molecular complexity index is 419. The summed E-state index contributed by atoms with van der Waals surface area (Å²) in [6.07, 6.45) is 3.40. The number of likely N-dealkylation sites (N-methyl/N-ethyl adjacent to an activating group) is 1. The maximum absolute atomic E-state index is 13.5. The molecule has 0 radical (unpaired) electrons. The zero-order valence-electron chi connectivity index (χ0n) is 10.4. The molecule has 1 unspecified atom stereocenters. The third-order valence-electron chi connectivity index (χ3n) is 3.11. The molecule has 1 fully saturated rings. The van der Waals surface area contributed by atoms with Crippen LogP contribution in [0.3, 0.4) is 0 Å². The van der Waals surface area contributed by atoms with Crippen molar-refractivity contribution in [2.75, 3.05) is 19.7 Å². The molecule has 1 aliphatic rings. The molecule has 0 aromatic carbocycles. The van der Waals surface area contributed by atoms with Crippen LogP contribution in [0.1, 0.15) is 30.1 Å². The summed E-state index contributed by atoms with van der Waals surface area (Å²) in [4.78, 5) is 17.3. The van der Waals surface area contributed by atoms with Gasteiger partial charge in [0.2, 0.25) is 5.95 Å². The molecular formula is C13H17FN2O2. The van der Waals surface area contributed by atoms with Crippen LogP contribution >= 0.6 is 0 Å². The summed E-state index contributed by atoms with van der Waals surface area (Å²) in [5.41, 5.74) is 0.0253. The van der Waals surface area contributed by atoms with Crippen LogP contribution in [-0.2, 0) is 4.74 Å². The fraction of sp³-hybridized carbons (Fsp3) is 0.538. The predicted octanol–water partition coefficient (Wildman–Crippen LogP) is 1.86. The number of amides is 1. The lowest BCUT2D eigenvalue weighted by atomic mass is 10.2. The van der Waals surface area contributed by atoms with Gasteiger partial charge in [-0.3, -0.25) is 4.79 Å². The molecule has 2 heterocycles. The van der Waals surface area contributed by atoms with E-state index in [0.717, 1.165) is 19.4 Å². The van der Waals surface area contributed by atoms with E-state index in [1.54, 1.807) is 11.0 Å². The second-order valence-corrected chi connectivity index (χ2v) is 4.32. The zero-order valence-corrected chi connectivity index (χ0v) is 10.4. The quantitative estimate of drug-likeness (QED) is 0.768. The molecule has 4 nitrogen and oxygen atoms in total. The highest BCUT2D eigenvalue weighted by atomic mass is 19.1. The highest BCUT2D eigenvalue weighted by Crippen LogP contribution is 2.15. The number of rotatable bonds is 4. The molecule has 0 bridgehead atoms. The van der Waals surface area contributed by atoms with Crippen LogP contribution in [0.4, 0.5) is 4.39 Å². The van der Waals surface area contributed by atoms with E-state index >= 15 is 0 Å². The average Bonchev–Trinajstić information content (AvgIpc) is 2.88. The van der Waals surface area contributed by atoms with Crippen molar-refractivity contribution in [3.63, 3.8) is 0 Å². The minimum atomic E-state index is -0.715. The summed E-state index contributed by atoms with van der Waals surface area (Å²) in [5.74, 6) is -1.04. The van der Waals surface area contributed by atoms with Gasteiger partial charge in [-0.1, -0.05) is 0 Å². The van der Waals surface area contributed by atoms with Crippen LogP contribution in [0.15, 0.2) is 18.3 Å². The van der Waals surface area contributed by atoms with E-state index in [9.17, 15) is 9.18 Å². The molecule has 2 rings (SSSR count). The van der Waals surface area contributed by atoms with Gasteiger partial charge in [0, 0.05) is 25.9 Å². The Kier molecular flexibility index (Phi) is 4.25. The van der Waals surface area contributed by atoms with Crippen LogP contribution in [0.2, 0.25) is 0 Å². The van der Waals surface area contributed by atoms with E-state index in [-0.39, 0.29) is 17.6 Å². The number of halogens is 1. The highest BCUT2D eigenvalue weighted by Gasteiger charge is 2.24. The number of aromatic nitrogens is 1. The number of hydrogen-bond donors (Lipinski definition) is 0. The molecule has 0 N–H and O–H groups in total. The first-order valence-corrected chi connectivity index (χ1v) is 6.23. The monoisotopic (exact) mass is 252 g/mol. The summed E-state index contributed by atoms with van der Waals surface area (Å²) in [6.45, 7) is 3.68. The Morgan fingerprint density at radius 2 is 2.50 bits per heavy atom. The van der Waals surface area contributed by atoms with E-state index in [2.05, 4.69) is 4.98 Å². The summed E-state index contributed by atoms with van der Waals surface area (Å²) < 4.78 is 19.0. The van der Waals surface area contributed by atoms with Crippen molar-refractivity contribution in [2.45, 2.75) is 25.9 Å². The Hall–Kier alpha value is -1.49. The van der Waals surface area contributed by atoms with Crippen molar-refractivity contribution in [1.29, 1.82) is 0 Å². The van der Waals surface area contributed by atoms with Gasteiger partial charge in [-0.15, -0.1) is 0 Å². The number of carbonyl (C=O) groups excluding carboxylic acids is 1. The fourth-order valence-electron chi connectivity index (χ4n) is 2.11. The fourth-order valence-corrected chi connectivity index (χ4v) is 2.11. The first-order chi connectivity index (χ1) is 8.72. The van der Waals surface area contributed by atoms with Gasteiger partial charge in [-0.25, -0.2) is 4.98 Å². The molecule has 1 saturated heterocycles. The van der Waals surface area contributed by atoms with Crippen LogP contribution in [0.5, 0.6) is 0 Å². The van der Waals surface area contributed by atoms with E-state index in [4.69, 9.17) is 4.74 Å². The lowest BCUT2D eigenvalue weighted by Gasteiger charge is -2.24. The Labute approximate surface area is 106 Å². The van der Waals surface area contributed by atoms with Crippen molar-refractivity contribution in [2.24, 2.45) is 0 Å². The lowest BCUT2D eigenvalue weighted by Crippen LogP contribution is -2.37. The first-order valence-electron chi connectivity index (χ1n) is 6.23. The molecule has 1 aromatic rings. The number of carbonyl (C=O) groups is 1. The molecule has 1 atom stereocenters. The smallest absolute Gasteiger partial charge is 0.258 e. The van der Waals surface area contributed by atoms with E-state index in [1.165, 1.54) is 12.3 Å². The van der Waals surface area contributed by atoms with Crippen LogP contribution in [-0.4, -0.2) is 41.6 Å². The molecular weight excluding hydrogens is 235 g/mol. The maximum atomic E-state index is 13.5. The average molecular weight is 252 g/mol. The van der Waals surface area contributed by atoms with Crippen LogP contribution in [0, 0.1) is 5.95 Å². The Balaban J connectivity index is 2.07. The molecule has 18 heavy (non-hydrogen) atoms. The van der Waals surface area contributed by atoms with Gasteiger partial charge >= 0.3 is 0 Å². The van der Waals surface area contributed by atoms with Gasteiger partial charge in [-0.2, -0.15) is 4.39 Å². The van der Waals surface area contributed by atoms with E-state index in [0.29, 0.717) is 13.1 Å². The molecule has 1 aliphatic heterocycles. The van der Waals surface area contributed by atoms with Crippen LogP contribution < -0.4 is 0 Å². The van der Waals surface area contributed by atoms with Crippen molar-refractivity contribution in [1.82, 2.24) is 9.88 Å². The summed E-state index contributed by atoms with van der Waals surface area (Å²) in [6, 6.07) is 3.03. The normalized spacial score (nSPS) is 18.9. The maximum Gasteiger partial charge on any atom is 0.258 e. The first kappa shape index (κ1) is 13.0. The summed E-state index contributed by atoms with van der Waals surface area (Å²) in [7, 11) is 0. The largest absolute Gasteiger partial charge is 0.376 e. The zero-order chi connectivity index (χ0) is 13.0. The highest BCUT2D eigenvalue weighted by molar-refractivity contribution is 5.94. The minimum absolute atomic E-state index is 0.0253. The van der Waals surface area contributed by atoms with Gasteiger partial charge in [0.1, 0.15) is 0 Å². The van der Waals surface area contributed by atoms with Crippen LogP contribution in [0.25, 0.3) is 0 Å². The topological polar surface area (TPSA) is 42.4 Å². The molecule has 5 heteroatoms. The van der Waals surface area contributed by atoms with Crippen molar-refractivity contribution in [3.8, 4) is 0 Å². The number of pyridine rings is 1. The molecule has 1 amide bonds. The molecule has 0 saturated carbocycles. The third-order valence-corrected chi connectivity index (χ3v) is 3.11. The van der Waals surface area contributed by atoms with Gasteiger partial charge < -0.3 is 9.64 Å². The summed E-state index contributed by atoms with van der Waals surface area (Å²) >= 11 is 0. The predicted molar refractivity (Wildman–Crippen MR) is 64.7 cm³/mol.